The predicted molar refractivity (Wildman–Crippen MR) is 90.4 cm³/mol. The van der Waals surface area contributed by atoms with Gasteiger partial charge >= 0.3 is 0 Å². The predicted octanol–water partition coefficient (Wildman–Crippen LogP) is 2.74. The van der Waals surface area contributed by atoms with Gasteiger partial charge in [0.05, 0.1) is 19.3 Å². The summed E-state index contributed by atoms with van der Waals surface area (Å²) in [5.41, 5.74) is 8.02. The van der Waals surface area contributed by atoms with Crippen molar-refractivity contribution in [2.45, 2.75) is 6.92 Å². The highest BCUT2D eigenvalue weighted by Crippen LogP contribution is 2.24. The fourth-order valence-electron chi connectivity index (χ4n) is 2.21. The summed E-state index contributed by atoms with van der Waals surface area (Å²) >= 11 is 0. The third-order valence-electron chi connectivity index (χ3n) is 3.35. The van der Waals surface area contributed by atoms with Crippen LogP contribution in [-0.2, 0) is 4.79 Å². The first-order valence-corrected chi connectivity index (χ1v) is 7.17. The number of amides is 1. The number of carbonyl (C=O) groups excluding carboxylic acids is 1. The van der Waals surface area contributed by atoms with E-state index in [4.69, 9.17) is 10.5 Å². The van der Waals surface area contributed by atoms with Gasteiger partial charge in [-0.05, 0) is 37.3 Å². The molecular formula is C17H21N3O2. The molecule has 0 saturated heterocycles. The first kappa shape index (κ1) is 15.7. The number of nitrogen functional groups attached to an aromatic ring is 1. The molecule has 22 heavy (non-hydrogen) atoms. The smallest absolute Gasteiger partial charge is 0.243 e. The molecule has 0 aliphatic heterocycles. The van der Waals surface area contributed by atoms with Crippen molar-refractivity contribution in [1.29, 1.82) is 0 Å². The molecule has 0 aliphatic carbocycles. The van der Waals surface area contributed by atoms with Gasteiger partial charge in [-0.25, -0.2) is 0 Å². The van der Waals surface area contributed by atoms with E-state index in [1.165, 1.54) is 0 Å². The largest absolute Gasteiger partial charge is 0.495 e. The lowest BCUT2D eigenvalue weighted by Crippen LogP contribution is -2.33. The molecule has 1 amide bonds. The third-order valence-corrected chi connectivity index (χ3v) is 3.35. The Morgan fingerprint density at radius 2 is 1.95 bits per heavy atom. The molecule has 0 aromatic heterocycles. The second-order valence-corrected chi connectivity index (χ2v) is 4.85. The summed E-state index contributed by atoms with van der Waals surface area (Å²) < 4.78 is 5.10. The second-order valence-electron chi connectivity index (χ2n) is 4.85. The number of likely N-dealkylation sites (N-methyl/N-ethyl adjacent to an activating group) is 1. The summed E-state index contributed by atoms with van der Waals surface area (Å²) in [5.74, 6) is 0.507. The van der Waals surface area contributed by atoms with Crippen molar-refractivity contribution in [3.8, 4) is 5.75 Å². The summed E-state index contributed by atoms with van der Waals surface area (Å²) in [6, 6.07) is 15.0. The van der Waals surface area contributed by atoms with Gasteiger partial charge in [-0.15, -0.1) is 0 Å². The Morgan fingerprint density at radius 3 is 2.55 bits per heavy atom. The molecule has 0 aliphatic rings. The first-order chi connectivity index (χ1) is 10.6. The van der Waals surface area contributed by atoms with Crippen LogP contribution in [0.3, 0.4) is 0 Å². The molecule has 0 spiro atoms. The lowest BCUT2D eigenvalue weighted by molar-refractivity contribution is -0.115. The number of nitrogens with two attached hydrogens (primary N) is 1. The average molecular weight is 299 g/mol. The van der Waals surface area contributed by atoms with E-state index < -0.39 is 0 Å². The minimum absolute atomic E-state index is 0.0877. The van der Waals surface area contributed by atoms with Crippen LogP contribution in [0.1, 0.15) is 6.92 Å². The van der Waals surface area contributed by atoms with Crippen LogP contribution in [0.5, 0.6) is 5.75 Å². The molecule has 0 fully saturated rings. The maximum Gasteiger partial charge on any atom is 0.243 e. The molecule has 0 saturated carbocycles. The lowest BCUT2D eigenvalue weighted by atomic mass is 10.2. The monoisotopic (exact) mass is 299 g/mol. The van der Waals surface area contributed by atoms with Crippen LogP contribution >= 0.6 is 0 Å². The fraction of sp³-hybridized carbons (Fsp3) is 0.235. The molecular weight excluding hydrogens is 278 g/mol. The van der Waals surface area contributed by atoms with Crippen LogP contribution in [0, 0.1) is 0 Å². The zero-order valence-electron chi connectivity index (χ0n) is 12.9. The SMILES string of the molecule is CCN(CC(=O)Nc1ccc(OC)c(N)c1)c1ccccc1. The highest BCUT2D eigenvalue weighted by Gasteiger charge is 2.10. The molecule has 0 atom stereocenters. The van der Waals surface area contributed by atoms with Gasteiger partial charge in [-0.2, -0.15) is 0 Å². The van der Waals surface area contributed by atoms with Gasteiger partial charge in [-0.3, -0.25) is 4.79 Å². The molecule has 5 nitrogen and oxygen atoms in total. The molecule has 2 rings (SSSR count). The maximum atomic E-state index is 12.2. The van der Waals surface area contributed by atoms with Crippen molar-refractivity contribution in [3.05, 3.63) is 48.5 Å². The van der Waals surface area contributed by atoms with Crippen molar-refractivity contribution in [2.24, 2.45) is 0 Å². The van der Waals surface area contributed by atoms with E-state index in [9.17, 15) is 4.79 Å². The molecule has 3 N–H and O–H groups in total. The summed E-state index contributed by atoms with van der Waals surface area (Å²) in [6.45, 7) is 3.06. The van der Waals surface area contributed by atoms with E-state index in [-0.39, 0.29) is 12.5 Å². The quantitative estimate of drug-likeness (QED) is 0.805. The number of rotatable bonds is 6. The van der Waals surface area contributed by atoms with E-state index in [0.29, 0.717) is 17.1 Å². The number of carbonyl (C=O) groups is 1. The molecule has 2 aromatic carbocycles. The Kier molecular flexibility index (Phi) is 5.25. The van der Waals surface area contributed by atoms with Crippen molar-refractivity contribution >= 4 is 23.0 Å². The number of nitrogens with one attached hydrogen (secondary N) is 1. The normalized spacial score (nSPS) is 10.1. The number of benzene rings is 2. The average Bonchev–Trinajstić information content (AvgIpc) is 2.53. The van der Waals surface area contributed by atoms with Crippen LogP contribution in [-0.4, -0.2) is 26.1 Å². The van der Waals surface area contributed by atoms with E-state index >= 15 is 0 Å². The molecule has 0 heterocycles. The summed E-state index contributed by atoms with van der Waals surface area (Å²) in [6.07, 6.45) is 0. The van der Waals surface area contributed by atoms with Gasteiger partial charge in [0.15, 0.2) is 0 Å². The Balaban J connectivity index is 2.01. The van der Waals surface area contributed by atoms with Gasteiger partial charge in [0.2, 0.25) is 5.91 Å². The minimum Gasteiger partial charge on any atom is -0.495 e. The summed E-state index contributed by atoms with van der Waals surface area (Å²) in [5, 5.41) is 2.85. The third kappa shape index (κ3) is 3.91. The molecule has 2 aromatic rings. The van der Waals surface area contributed by atoms with Crippen molar-refractivity contribution in [3.63, 3.8) is 0 Å². The Bertz CT molecular complexity index is 629. The molecule has 0 bridgehead atoms. The van der Waals surface area contributed by atoms with E-state index in [0.717, 1.165) is 12.2 Å². The first-order valence-electron chi connectivity index (χ1n) is 7.17. The number of nitrogens with zero attached hydrogens (tertiary/aromatic N) is 1. The van der Waals surface area contributed by atoms with Crippen molar-refractivity contribution < 1.29 is 9.53 Å². The number of methoxy groups -OCH3 is 1. The highest BCUT2D eigenvalue weighted by atomic mass is 16.5. The van der Waals surface area contributed by atoms with Crippen molar-refractivity contribution in [2.75, 3.05) is 36.1 Å². The second kappa shape index (κ2) is 7.36. The van der Waals surface area contributed by atoms with Gasteiger partial charge < -0.3 is 20.7 Å². The Labute approximate surface area is 130 Å². The number of para-hydroxylation sites is 1. The van der Waals surface area contributed by atoms with E-state index in [1.807, 2.05) is 42.2 Å². The topological polar surface area (TPSA) is 67.6 Å². The number of hydrogen-bond donors (Lipinski definition) is 2. The van der Waals surface area contributed by atoms with Crippen LogP contribution in [0.2, 0.25) is 0 Å². The minimum atomic E-state index is -0.0877. The van der Waals surface area contributed by atoms with Gasteiger partial charge in [0.25, 0.3) is 0 Å². The Hall–Kier alpha value is -2.69. The van der Waals surface area contributed by atoms with Gasteiger partial charge in [0, 0.05) is 17.9 Å². The molecule has 0 radical (unpaired) electrons. The van der Waals surface area contributed by atoms with E-state index in [2.05, 4.69) is 5.32 Å². The fourth-order valence-corrected chi connectivity index (χ4v) is 2.21. The van der Waals surface area contributed by atoms with Gasteiger partial charge in [-0.1, -0.05) is 18.2 Å². The van der Waals surface area contributed by atoms with Crippen LogP contribution < -0.4 is 20.7 Å². The number of anilines is 3. The highest BCUT2D eigenvalue weighted by molar-refractivity contribution is 5.94. The van der Waals surface area contributed by atoms with Crippen molar-refractivity contribution in [1.82, 2.24) is 0 Å². The van der Waals surface area contributed by atoms with Crippen LogP contribution in [0.4, 0.5) is 17.1 Å². The zero-order chi connectivity index (χ0) is 15.9. The van der Waals surface area contributed by atoms with Crippen LogP contribution in [0.25, 0.3) is 0 Å². The van der Waals surface area contributed by atoms with E-state index in [1.54, 1.807) is 25.3 Å². The lowest BCUT2D eigenvalue weighted by Gasteiger charge is -2.22. The summed E-state index contributed by atoms with van der Waals surface area (Å²) in [7, 11) is 1.56. The van der Waals surface area contributed by atoms with Crippen LogP contribution in [0.15, 0.2) is 48.5 Å². The summed E-state index contributed by atoms with van der Waals surface area (Å²) in [4.78, 5) is 14.2. The Morgan fingerprint density at radius 1 is 1.23 bits per heavy atom. The standard InChI is InChI=1S/C17H21N3O2/c1-3-20(14-7-5-4-6-8-14)12-17(21)19-13-9-10-16(22-2)15(18)11-13/h4-11H,3,12,18H2,1-2H3,(H,19,21). The maximum absolute atomic E-state index is 12.2. The zero-order valence-corrected chi connectivity index (χ0v) is 12.9. The number of ether oxygens (including phenoxy) is 1. The molecule has 0 unspecified atom stereocenters. The molecule has 116 valence electrons. The number of hydrogen-bond acceptors (Lipinski definition) is 4. The van der Waals surface area contributed by atoms with Gasteiger partial charge in [0.1, 0.15) is 5.75 Å². The molecule has 5 heteroatoms.